The van der Waals surface area contributed by atoms with Crippen LogP contribution in [-0.2, 0) is 0 Å². The fourth-order valence-corrected chi connectivity index (χ4v) is 3.12. The minimum atomic E-state index is -1.01. The largest absolute Gasteiger partial charge is 0.489 e. The molecule has 104 valence electrons. The molecule has 2 unspecified atom stereocenters. The number of carboxylic acid groups (broad SMARTS) is 1. The highest BCUT2D eigenvalue weighted by Crippen LogP contribution is 2.39. The van der Waals surface area contributed by atoms with Crippen LogP contribution in [0.25, 0.3) is 0 Å². The van der Waals surface area contributed by atoms with Crippen molar-refractivity contribution in [2.24, 2.45) is 11.3 Å². The maximum Gasteiger partial charge on any atom is 0.354 e. The molecule has 1 aliphatic carbocycles. The van der Waals surface area contributed by atoms with Crippen molar-refractivity contribution in [3.8, 4) is 5.75 Å². The Morgan fingerprint density at radius 2 is 2.16 bits per heavy atom. The van der Waals surface area contributed by atoms with E-state index in [1.54, 1.807) is 6.07 Å². The van der Waals surface area contributed by atoms with Gasteiger partial charge in [0, 0.05) is 0 Å². The van der Waals surface area contributed by atoms with E-state index in [0.717, 1.165) is 12.8 Å². The van der Waals surface area contributed by atoms with Crippen LogP contribution >= 0.6 is 0 Å². The molecule has 1 N–H and O–H groups in total. The first-order valence-electron chi connectivity index (χ1n) is 6.72. The lowest BCUT2D eigenvalue weighted by Crippen LogP contribution is -2.34. The summed E-state index contributed by atoms with van der Waals surface area (Å²) in [5, 5.41) is 8.80. The van der Waals surface area contributed by atoms with Gasteiger partial charge in [-0.25, -0.2) is 9.78 Å². The van der Waals surface area contributed by atoms with Gasteiger partial charge >= 0.3 is 5.97 Å². The van der Waals surface area contributed by atoms with Gasteiger partial charge in [0.1, 0.15) is 11.4 Å². The number of pyridine rings is 1. The third-order valence-corrected chi connectivity index (χ3v) is 3.60. The van der Waals surface area contributed by atoms with Crippen molar-refractivity contribution in [1.82, 2.24) is 4.98 Å². The molecule has 4 heteroatoms. The molecule has 2 atom stereocenters. The molecule has 1 fully saturated rings. The van der Waals surface area contributed by atoms with E-state index in [0.29, 0.717) is 17.1 Å². The average Bonchev–Trinajstić information content (AvgIpc) is 2.26. The first-order valence-corrected chi connectivity index (χ1v) is 6.72. The molecule has 0 bridgehead atoms. The molecule has 1 aromatic rings. The van der Waals surface area contributed by atoms with Crippen LogP contribution in [0.4, 0.5) is 0 Å². The molecule has 0 spiro atoms. The molecule has 19 heavy (non-hydrogen) atoms. The van der Waals surface area contributed by atoms with Crippen LogP contribution in [0, 0.1) is 11.3 Å². The molecule has 1 aromatic heterocycles. The summed E-state index contributed by atoms with van der Waals surface area (Å²) in [5.74, 6) is 0.291. The third kappa shape index (κ3) is 3.69. The Morgan fingerprint density at radius 1 is 1.42 bits per heavy atom. The molecule has 0 aliphatic heterocycles. The van der Waals surface area contributed by atoms with Crippen molar-refractivity contribution in [2.45, 2.75) is 46.1 Å². The molecular weight excluding hydrogens is 242 g/mol. The number of aromatic nitrogens is 1. The number of hydrogen-bond donors (Lipinski definition) is 1. The highest BCUT2D eigenvalue weighted by Gasteiger charge is 2.33. The van der Waals surface area contributed by atoms with Gasteiger partial charge < -0.3 is 9.84 Å². The predicted molar refractivity (Wildman–Crippen MR) is 72.4 cm³/mol. The lowest BCUT2D eigenvalue weighted by Gasteiger charge is -2.38. The van der Waals surface area contributed by atoms with E-state index < -0.39 is 5.97 Å². The number of nitrogens with zero attached hydrogens (tertiary/aromatic N) is 1. The zero-order valence-electron chi connectivity index (χ0n) is 11.7. The highest BCUT2D eigenvalue weighted by molar-refractivity contribution is 5.85. The number of carboxylic acids is 1. The molecule has 0 amide bonds. The van der Waals surface area contributed by atoms with Crippen molar-refractivity contribution in [3.05, 3.63) is 24.0 Å². The van der Waals surface area contributed by atoms with Crippen molar-refractivity contribution in [2.75, 3.05) is 0 Å². The van der Waals surface area contributed by atoms with E-state index in [1.807, 2.05) is 0 Å². The fraction of sp³-hybridized carbons (Fsp3) is 0.600. The first-order chi connectivity index (χ1) is 8.85. The minimum Gasteiger partial charge on any atom is -0.489 e. The van der Waals surface area contributed by atoms with Gasteiger partial charge in [0.15, 0.2) is 0 Å². The molecule has 2 rings (SSSR count). The van der Waals surface area contributed by atoms with E-state index in [1.165, 1.54) is 18.7 Å². The Bertz CT molecular complexity index is 453. The normalized spacial score (nSPS) is 25.8. The van der Waals surface area contributed by atoms with E-state index in [2.05, 4.69) is 25.8 Å². The first kappa shape index (κ1) is 13.8. The maximum atomic E-state index is 10.7. The number of hydrogen-bond acceptors (Lipinski definition) is 3. The van der Waals surface area contributed by atoms with E-state index in [9.17, 15) is 4.79 Å². The summed E-state index contributed by atoms with van der Waals surface area (Å²) in [6, 6.07) is 3.16. The van der Waals surface area contributed by atoms with Crippen molar-refractivity contribution >= 4 is 5.97 Å². The topological polar surface area (TPSA) is 59.4 Å². The quantitative estimate of drug-likeness (QED) is 0.908. The molecular formula is C15H21NO3. The van der Waals surface area contributed by atoms with Crippen LogP contribution in [-0.4, -0.2) is 22.2 Å². The molecule has 0 radical (unpaired) electrons. The minimum absolute atomic E-state index is 0.0460. The van der Waals surface area contributed by atoms with Gasteiger partial charge in [-0.1, -0.05) is 20.8 Å². The summed E-state index contributed by atoms with van der Waals surface area (Å²) < 4.78 is 5.94. The lowest BCUT2D eigenvalue weighted by molar-refractivity contribution is 0.0560. The van der Waals surface area contributed by atoms with Gasteiger partial charge in [-0.15, -0.1) is 0 Å². The van der Waals surface area contributed by atoms with Gasteiger partial charge in [0.2, 0.25) is 0 Å². The fourth-order valence-electron chi connectivity index (χ4n) is 3.12. The maximum absolute atomic E-state index is 10.7. The summed E-state index contributed by atoms with van der Waals surface area (Å²) in [6.45, 7) is 6.79. The molecule has 1 heterocycles. The van der Waals surface area contributed by atoms with E-state index in [-0.39, 0.29) is 11.8 Å². The van der Waals surface area contributed by atoms with Crippen LogP contribution in [0.2, 0.25) is 0 Å². The smallest absolute Gasteiger partial charge is 0.354 e. The van der Waals surface area contributed by atoms with Crippen LogP contribution in [0.3, 0.4) is 0 Å². The molecule has 0 aromatic carbocycles. The van der Waals surface area contributed by atoms with Crippen LogP contribution in [0.15, 0.2) is 18.3 Å². The summed E-state index contributed by atoms with van der Waals surface area (Å²) in [4.78, 5) is 14.6. The van der Waals surface area contributed by atoms with Gasteiger partial charge in [0.05, 0.1) is 12.3 Å². The zero-order chi connectivity index (χ0) is 14.0. The predicted octanol–water partition coefficient (Wildman–Crippen LogP) is 3.37. The summed E-state index contributed by atoms with van der Waals surface area (Å²) in [5.41, 5.74) is 0.348. The van der Waals surface area contributed by atoms with E-state index in [4.69, 9.17) is 9.84 Å². The Morgan fingerprint density at radius 3 is 2.68 bits per heavy atom. The van der Waals surface area contributed by atoms with Crippen molar-refractivity contribution < 1.29 is 14.6 Å². The Hall–Kier alpha value is -1.58. The zero-order valence-corrected chi connectivity index (χ0v) is 11.7. The molecule has 1 aliphatic rings. The Balaban J connectivity index is 2.02. The lowest BCUT2D eigenvalue weighted by atomic mass is 9.71. The Labute approximate surface area is 113 Å². The average molecular weight is 263 g/mol. The number of carbonyl (C=O) groups is 1. The Kier molecular flexibility index (Phi) is 3.78. The van der Waals surface area contributed by atoms with Crippen LogP contribution in [0.1, 0.15) is 50.5 Å². The standard InChI is InChI=1S/C15H21NO3/c1-10-6-12(8-15(2,3)7-10)19-11-4-5-13(14(17)18)16-9-11/h4-5,9-10,12H,6-8H2,1-3H3,(H,17,18). The second-order valence-electron chi connectivity index (χ2n) is 6.34. The SMILES string of the molecule is CC1CC(Oc2ccc(C(=O)O)nc2)CC(C)(C)C1. The van der Waals surface area contributed by atoms with Gasteiger partial charge in [-0.2, -0.15) is 0 Å². The van der Waals surface area contributed by atoms with Crippen LogP contribution in [0.5, 0.6) is 5.75 Å². The van der Waals surface area contributed by atoms with E-state index >= 15 is 0 Å². The number of ether oxygens (including phenoxy) is 1. The van der Waals surface area contributed by atoms with Gasteiger partial charge in [0.25, 0.3) is 0 Å². The van der Waals surface area contributed by atoms with Crippen molar-refractivity contribution in [1.29, 1.82) is 0 Å². The second kappa shape index (κ2) is 5.19. The van der Waals surface area contributed by atoms with Gasteiger partial charge in [-0.3, -0.25) is 0 Å². The number of rotatable bonds is 3. The monoisotopic (exact) mass is 263 g/mol. The summed E-state index contributed by atoms with van der Waals surface area (Å²) >= 11 is 0. The summed E-state index contributed by atoms with van der Waals surface area (Å²) in [7, 11) is 0. The number of aromatic carboxylic acids is 1. The van der Waals surface area contributed by atoms with Crippen molar-refractivity contribution in [3.63, 3.8) is 0 Å². The molecule has 4 nitrogen and oxygen atoms in total. The van der Waals surface area contributed by atoms with Crippen LogP contribution < -0.4 is 4.74 Å². The highest BCUT2D eigenvalue weighted by atomic mass is 16.5. The second-order valence-corrected chi connectivity index (χ2v) is 6.34. The third-order valence-electron chi connectivity index (χ3n) is 3.60. The molecule has 0 saturated heterocycles. The van der Waals surface area contributed by atoms with Gasteiger partial charge in [-0.05, 0) is 42.7 Å². The summed E-state index contributed by atoms with van der Waals surface area (Å²) in [6.07, 6.45) is 4.98. The molecule has 1 saturated carbocycles.